The van der Waals surface area contributed by atoms with Crippen LogP contribution in [0, 0.1) is 0 Å². The molecule has 1 aromatic carbocycles. The van der Waals surface area contributed by atoms with Crippen LogP contribution in [0.2, 0.25) is 0 Å². The van der Waals surface area contributed by atoms with Crippen LogP contribution < -0.4 is 10.1 Å². The lowest BCUT2D eigenvalue weighted by Gasteiger charge is -2.18. The largest absolute Gasteiger partial charge is 0.496 e. The summed E-state index contributed by atoms with van der Waals surface area (Å²) in [6.45, 7) is 2.00. The number of carboxylic acid groups (broad SMARTS) is 1. The van der Waals surface area contributed by atoms with Crippen LogP contribution in [-0.4, -0.2) is 31.1 Å². The Morgan fingerprint density at radius 3 is 2.58 bits per heavy atom. The molecule has 0 bridgehead atoms. The Kier molecular flexibility index (Phi) is 5.36. The van der Waals surface area contributed by atoms with Gasteiger partial charge in [-0.3, -0.25) is 9.59 Å². The number of ether oxygens (including phenoxy) is 1. The maximum Gasteiger partial charge on any atom is 0.304 e. The molecular weight excluding hydrogens is 246 g/mol. The molecule has 5 nitrogen and oxygen atoms in total. The lowest BCUT2D eigenvalue weighted by molar-refractivity contribution is -0.139. The van der Waals surface area contributed by atoms with Crippen molar-refractivity contribution in [2.75, 3.05) is 14.2 Å². The van der Waals surface area contributed by atoms with Gasteiger partial charge >= 0.3 is 5.97 Å². The molecule has 1 aromatic rings. The van der Waals surface area contributed by atoms with Crippen molar-refractivity contribution >= 4 is 11.9 Å². The first-order chi connectivity index (χ1) is 9.03. The van der Waals surface area contributed by atoms with Crippen molar-refractivity contribution < 1.29 is 19.4 Å². The minimum atomic E-state index is -1.02. The molecule has 1 unspecified atom stereocenters. The fraction of sp³-hybridized carbons (Fsp3) is 0.429. The van der Waals surface area contributed by atoms with Crippen LogP contribution in [-0.2, 0) is 16.0 Å². The number of rotatable bonds is 6. The van der Waals surface area contributed by atoms with E-state index in [1.54, 1.807) is 6.07 Å². The number of nitrogens with one attached hydrogen (secondary N) is 1. The number of carbonyl (C=O) groups is 2. The molecule has 5 heteroatoms. The quantitative estimate of drug-likeness (QED) is 0.818. The number of hydrogen-bond donors (Lipinski definition) is 2. The molecule has 0 aliphatic carbocycles. The minimum Gasteiger partial charge on any atom is -0.496 e. The van der Waals surface area contributed by atoms with Gasteiger partial charge in [-0.15, -0.1) is 0 Å². The topological polar surface area (TPSA) is 75.6 Å². The highest BCUT2D eigenvalue weighted by atomic mass is 16.5. The third-order valence-corrected chi connectivity index (χ3v) is 3.02. The van der Waals surface area contributed by atoms with Gasteiger partial charge in [0.2, 0.25) is 5.91 Å². The SMILES string of the molecule is CCc1ccc(OC)c(C(CC(=O)O)C(=O)NC)c1. The van der Waals surface area contributed by atoms with Crippen molar-refractivity contribution in [2.24, 2.45) is 0 Å². The van der Waals surface area contributed by atoms with E-state index in [-0.39, 0.29) is 12.3 Å². The second kappa shape index (κ2) is 6.78. The van der Waals surface area contributed by atoms with Gasteiger partial charge in [-0.05, 0) is 18.1 Å². The van der Waals surface area contributed by atoms with Crippen LogP contribution in [0.1, 0.15) is 30.4 Å². The Bertz CT molecular complexity index is 471. The summed E-state index contributed by atoms with van der Waals surface area (Å²) in [5.74, 6) is -1.55. The first kappa shape index (κ1) is 15.0. The van der Waals surface area contributed by atoms with E-state index >= 15 is 0 Å². The Morgan fingerprint density at radius 1 is 1.42 bits per heavy atom. The number of carboxylic acids is 1. The molecule has 0 aromatic heterocycles. The molecule has 0 spiro atoms. The molecule has 0 aliphatic heterocycles. The van der Waals surface area contributed by atoms with Crippen molar-refractivity contribution in [3.63, 3.8) is 0 Å². The van der Waals surface area contributed by atoms with Crippen LogP contribution in [0.3, 0.4) is 0 Å². The van der Waals surface area contributed by atoms with E-state index in [2.05, 4.69) is 5.32 Å². The number of carbonyl (C=O) groups excluding carboxylic acids is 1. The molecule has 0 fully saturated rings. The summed E-state index contributed by atoms with van der Waals surface area (Å²) in [5, 5.41) is 11.5. The molecule has 0 aliphatic rings. The van der Waals surface area contributed by atoms with E-state index < -0.39 is 11.9 Å². The van der Waals surface area contributed by atoms with Gasteiger partial charge in [0.05, 0.1) is 19.4 Å². The summed E-state index contributed by atoms with van der Waals surface area (Å²) < 4.78 is 5.23. The maximum atomic E-state index is 11.9. The number of likely N-dealkylation sites (N-methyl/N-ethyl adjacent to an activating group) is 1. The molecule has 0 radical (unpaired) electrons. The standard InChI is InChI=1S/C14H19NO4/c1-4-9-5-6-12(19-3)10(7-9)11(8-13(16)17)14(18)15-2/h5-7,11H,4,8H2,1-3H3,(H,15,18)(H,16,17). The fourth-order valence-electron chi connectivity index (χ4n) is 1.97. The molecule has 1 atom stereocenters. The Hall–Kier alpha value is -2.04. The number of amides is 1. The van der Waals surface area contributed by atoms with Crippen molar-refractivity contribution in [3.05, 3.63) is 29.3 Å². The van der Waals surface area contributed by atoms with Crippen molar-refractivity contribution in [2.45, 2.75) is 25.7 Å². The average Bonchev–Trinajstić information content (AvgIpc) is 2.43. The Balaban J connectivity index is 3.25. The summed E-state index contributed by atoms with van der Waals surface area (Å²) in [7, 11) is 3.00. The van der Waals surface area contributed by atoms with Crippen LogP contribution in [0.4, 0.5) is 0 Å². The van der Waals surface area contributed by atoms with E-state index in [1.165, 1.54) is 14.2 Å². The third-order valence-electron chi connectivity index (χ3n) is 3.02. The van der Waals surface area contributed by atoms with Crippen molar-refractivity contribution in [1.82, 2.24) is 5.32 Å². The highest BCUT2D eigenvalue weighted by Gasteiger charge is 2.26. The zero-order chi connectivity index (χ0) is 14.4. The van der Waals surface area contributed by atoms with E-state index in [0.29, 0.717) is 11.3 Å². The van der Waals surface area contributed by atoms with Crippen molar-refractivity contribution in [3.8, 4) is 5.75 Å². The van der Waals surface area contributed by atoms with Gasteiger partial charge in [0.15, 0.2) is 0 Å². The van der Waals surface area contributed by atoms with Crippen molar-refractivity contribution in [1.29, 1.82) is 0 Å². The van der Waals surface area contributed by atoms with Gasteiger partial charge in [0.25, 0.3) is 0 Å². The van der Waals surface area contributed by atoms with Gasteiger partial charge < -0.3 is 15.2 Å². The van der Waals surface area contributed by atoms with Crippen LogP contribution in [0.25, 0.3) is 0 Å². The summed E-state index contributed by atoms with van der Waals surface area (Å²) in [6, 6.07) is 5.51. The first-order valence-electron chi connectivity index (χ1n) is 6.13. The molecule has 0 saturated carbocycles. The Labute approximate surface area is 112 Å². The lowest BCUT2D eigenvalue weighted by Crippen LogP contribution is -2.28. The van der Waals surface area contributed by atoms with Gasteiger partial charge in [-0.1, -0.05) is 19.1 Å². The monoisotopic (exact) mass is 265 g/mol. The number of aryl methyl sites for hydroxylation is 1. The van der Waals surface area contributed by atoms with E-state index in [4.69, 9.17) is 9.84 Å². The fourth-order valence-corrected chi connectivity index (χ4v) is 1.97. The zero-order valence-electron chi connectivity index (χ0n) is 11.4. The highest BCUT2D eigenvalue weighted by molar-refractivity contribution is 5.88. The van der Waals surface area contributed by atoms with E-state index in [9.17, 15) is 9.59 Å². The molecular formula is C14H19NO4. The molecule has 1 rings (SSSR count). The van der Waals surface area contributed by atoms with Crippen LogP contribution >= 0.6 is 0 Å². The molecule has 19 heavy (non-hydrogen) atoms. The summed E-state index contributed by atoms with van der Waals surface area (Å²) >= 11 is 0. The highest BCUT2D eigenvalue weighted by Crippen LogP contribution is 2.30. The third kappa shape index (κ3) is 3.71. The number of aliphatic carboxylic acids is 1. The predicted molar refractivity (Wildman–Crippen MR) is 71.4 cm³/mol. The lowest BCUT2D eigenvalue weighted by atomic mass is 9.92. The molecule has 104 valence electrons. The van der Waals surface area contributed by atoms with Gasteiger partial charge in [0.1, 0.15) is 5.75 Å². The Morgan fingerprint density at radius 2 is 2.11 bits per heavy atom. The molecule has 0 saturated heterocycles. The normalized spacial score (nSPS) is 11.7. The zero-order valence-corrected chi connectivity index (χ0v) is 11.4. The second-order valence-corrected chi connectivity index (χ2v) is 4.19. The predicted octanol–water partition coefficient (Wildman–Crippen LogP) is 1.56. The number of benzene rings is 1. The van der Waals surface area contributed by atoms with Gasteiger partial charge in [-0.25, -0.2) is 0 Å². The van der Waals surface area contributed by atoms with Crippen LogP contribution in [0.15, 0.2) is 18.2 Å². The average molecular weight is 265 g/mol. The minimum absolute atomic E-state index is 0.261. The first-order valence-corrected chi connectivity index (χ1v) is 6.13. The summed E-state index contributed by atoms with van der Waals surface area (Å²) in [4.78, 5) is 22.8. The van der Waals surface area contributed by atoms with E-state index in [1.807, 2.05) is 19.1 Å². The number of hydrogen-bond acceptors (Lipinski definition) is 3. The molecule has 1 amide bonds. The second-order valence-electron chi connectivity index (χ2n) is 4.19. The molecule has 2 N–H and O–H groups in total. The smallest absolute Gasteiger partial charge is 0.304 e. The van der Waals surface area contributed by atoms with Gasteiger partial charge in [0, 0.05) is 12.6 Å². The molecule has 0 heterocycles. The van der Waals surface area contributed by atoms with E-state index in [0.717, 1.165) is 12.0 Å². The van der Waals surface area contributed by atoms with Gasteiger partial charge in [-0.2, -0.15) is 0 Å². The van der Waals surface area contributed by atoms with Crippen LogP contribution in [0.5, 0.6) is 5.75 Å². The maximum absolute atomic E-state index is 11.9. The summed E-state index contributed by atoms with van der Waals surface area (Å²) in [6.07, 6.45) is 0.549. The summed E-state index contributed by atoms with van der Waals surface area (Å²) in [5.41, 5.74) is 1.65. The number of methoxy groups -OCH3 is 1.